The van der Waals surface area contributed by atoms with E-state index in [0.717, 1.165) is 47.4 Å². The lowest BCUT2D eigenvalue weighted by molar-refractivity contribution is 0.100. The summed E-state index contributed by atoms with van der Waals surface area (Å²) in [4.78, 5) is 12.1. The first kappa shape index (κ1) is 24.0. The lowest BCUT2D eigenvalue weighted by atomic mass is 10.0. The molecule has 0 bridgehead atoms. The number of nitrogens with one attached hydrogen (secondary N) is 1. The molecule has 7 heteroatoms. The molecule has 1 heterocycles. The maximum atomic E-state index is 12.1. The number of nitrogens with two attached hydrogens (primary N) is 1. The van der Waals surface area contributed by atoms with E-state index in [0.29, 0.717) is 31.2 Å². The molecule has 3 rings (SSSR count). The molecule has 0 fully saturated rings. The number of primary amides is 1. The Bertz CT molecular complexity index is 1030. The lowest BCUT2D eigenvalue weighted by Gasteiger charge is -2.16. The highest BCUT2D eigenvalue weighted by Crippen LogP contribution is 2.26. The Morgan fingerprint density at radius 3 is 2.62 bits per heavy atom. The van der Waals surface area contributed by atoms with Gasteiger partial charge in [-0.3, -0.25) is 4.79 Å². The Morgan fingerprint density at radius 2 is 1.94 bits per heavy atom. The summed E-state index contributed by atoms with van der Waals surface area (Å²) in [6.45, 7) is 6.66. The predicted octanol–water partition coefficient (Wildman–Crippen LogP) is 4.37. The van der Waals surface area contributed by atoms with Gasteiger partial charge in [-0.25, -0.2) is 0 Å². The molecule has 6 nitrogen and oxygen atoms in total. The van der Waals surface area contributed by atoms with Crippen molar-refractivity contribution in [3.8, 4) is 11.5 Å². The number of carbonyl (C=O) groups is 1. The number of hydrogen-bond donors (Lipinski definition) is 2. The summed E-state index contributed by atoms with van der Waals surface area (Å²) in [6.07, 6.45) is 3.61. The normalized spacial score (nSPS) is 12.1. The summed E-state index contributed by atoms with van der Waals surface area (Å²) in [7, 11) is 0. The average molecular weight is 458 g/mol. The molecular formula is C25H32ClN3O3. The van der Waals surface area contributed by atoms with Crippen LogP contribution in [0, 0.1) is 0 Å². The standard InChI is InChI=1S/C25H32ClN3O3/c1-3-31-22-7-4-5-8-23(22)32-14-11-28-18(2)15-19-16-20-9-13-29(12-6-10-26)24(20)21(17-19)25(27)30/h4-5,7-9,13,16-18,28H,3,6,10-12,14-15H2,1-2H3,(H2,27,30)/t18-/m1/s1. The van der Waals surface area contributed by atoms with E-state index in [1.807, 2.05) is 49.5 Å². The van der Waals surface area contributed by atoms with Gasteiger partial charge in [0, 0.05) is 36.6 Å². The average Bonchev–Trinajstić information content (AvgIpc) is 3.18. The molecule has 0 aliphatic carbocycles. The number of carbonyl (C=O) groups excluding carboxylic acids is 1. The Hall–Kier alpha value is -2.70. The fourth-order valence-corrected chi connectivity index (χ4v) is 3.99. The fourth-order valence-electron chi connectivity index (χ4n) is 3.87. The highest BCUT2D eigenvalue weighted by molar-refractivity contribution is 6.17. The fraction of sp³-hybridized carbons (Fsp3) is 0.400. The molecule has 0 saturated heterocycles. The monoisotopic (exact) mass is 457 g/mol. The number of amides is 1. The van der Waals surface area contributed by atoms with Crippen LogP contribution in [0.5, 0.6) is 11.5 Å². The quantitative estimate of drug-likeness (QED) is 0.295. The highest BCUT2D eigenvalue weighted by atomic mass is 35.5. The van der Waals surface area contributed by atoms with Gasteiger partial charge in [0.15, 0.2) is 11.5 Å². The first-order valence-corrected chi connectivity index (χ1v) is 11.6. The summed E-state index contributed by atoms with van der Waals surface area (Å²) in [6, 6.07) is 14.0. The predicted molar refractivity (Wildman–Crippen MR) is 130 cm³/mol. The van der Waals surface area contributed by atoms with Crippen LogP contribution in [0.4, 0.5) is 0 Å². The minimum absolute atomic E-state index is 0.206. The second-order valence-electron chi connectivity index (χ2n) is 7.78. The van der Waals surface area contributed by atoms with Crippen molar-refractivity contribution in [2.45, 2.75) is 39.3 Å². The van der Waals surface area contributed by atoms with Crippen LogP contribution in [0.2, 0.25) is 0 Å². The number of halogens is 1. The summed E-state index contributed by atoms with van der Waals surface area (Å²) in [5.74, 6) is 1.67. The number of ether oxygens (including phenoxy) is 2. The van der Waals surface area contributed by atoms with Gasteiger partial charge in [0.25, 0.3) is 5.91 Å². The second-order valence-corrected chi connectivity index (χ2v) is 8.16. The van der Waals surface area contributed by atoms with Gasteiger partial charge in [-0.05, 0) is 62.6 Å². The minimum Gasteiger partial charge on any atom is -0.490 e. The zero-order valence-corrected chi connectivity index (χ0v) is 19.5. The van der Waals surface area contributed by atoms with Gasteiger partial charge in [0.1, 0.15) is 6.61 Å². The number of fused-ring (bicyclic) bond motifs is 1. The maximum absolute atomic E-state index is 12.1. The zero-order chi connectivity index (χ0) is 22.9. The van der Waals surface area contributed by atoms with Crippen LogP contribution in [0.1, 0.15) is 36.2 Å². The first-order chi connectivity index (χ1) is 15.5. The molecule has 0 spiro atoms. The van der Waals surface area contributed by atoms with Crippen molar-refractivity contribution in [3.05, 3.63) is 59.8 Å². The van der Waals surface area contributed by atoms with Crippen molar-refractivity contribution in [2.24, 2.45) is 5.73 Å². The summed E-state index contributed by atoms with van der Waals surface area (Å²) in [5.41, 5.74) is 8.21. The van der Waals surface area contributed by atoms with Gasteiger partial charge in [0.2, 0.25) is 0 Å². The Kier molecular flexibility index (Phi) is 8.82. The van der Waals surface area contributed by atoms with Gasteiger partial charge in [-0.1, -0.05) is 12.1 Å². The van der Waals surface area contributed by atoms with Crippen molar-refractivity contribution in [2.75, 3.05) is 25.6 Å². The molecule has 1 amide bonds. The number of hydrogen-bond acceptors (Lipinski definition) is 4. The Balaban J connectivity index is 1.59. The summed E-state index contributed by atoms with van der Waals surface area (Å²) >= 11 is 5.84. The number of aromatic nitrogens is 1. The second kappa shape index (κ2) is 11.8. The third-order valence-corrected chi connectivity index (χ3v) is 5.53. The lowest BCUT2D eigenvalue weighted by Crippen LogP contribution is -2.32. The van der Waals surface area contributed by atoms with Crippen LogP contribution < -0.4 is 20.5 Å². The van der Waals surface area contributed by atoms with Crippen molar-refractivity contribution in [3.63, 3.8) is 0 Å². The van der Waals surface area contributed by atoms with E-state index in [1.54, 1.807) is 0 Å². The number of aryl methyl sites for hydroxylation is 1. The molecule has 0 aliphatic heterocycles. The van der Waals surface area contributed by atoms with E-state index in [2.05, 4.69) is 22.9 Å². The third kappa shape index (κ3) is 6.17. The van der Waals surface area contributed by atoms with Gasteiger partial charge >= 0.3 is 0 Å². The smallest absolute Gasteiger partial charge is 0.250 e. The van der Waals surface area contributed by atoms with Crippen LogP contribution in [0.3, 0.4) is 0 Å². The molecule has 172 valence electrons. The molecule has 0 saturated carbocycles. The summed E-state index contributed by atoms with van der Waals surface area (Å²) < 4.78 is 13.5. The number of alkyl halides is 1. The van der Waals surface area contributed by atoms with Gasteiger partial charge < -0.3 is 25.1 Å². The first-order valence-electron chi connectivity index (χ1n) is 11.1. The van der Waals surface area contributed by atoms with Gasteiger partial charge in [-0.2, -0.15) is 0 Å². The number of para-hydroxylation sites is 2. The topological polar surface area (TPSA) is 78.5 Å². The molecule has 32 heavy (non-hydrogen) atoms. The van der Waals surface area contributed by atoms with E-state index in [9.17, 15) is 4.79 Å². The van der Waals surface area contributed by atoms with Crippen LogP contribution in [0.25, 0.3) is 10.9 Å². The van der Waals surface area contributed by atoms with Crippen LogP contribution in [-0.2, 0) is 13.0 Å². The van der Waals surface area contributed by atoms with Gasteiger partial charge in [0.05, 0.1) is 17.7 Å². The minimum atomic E-state index is -0.412. The van der Waals surface area contributed by atoms with Crippen molar-refractivity contribution in [1.82, 2.24) is 9.88 Å². The third-order valence-electron chi connectivity index (χ3n) is 5.26. The van der Waals surface area contributed by atoms with E-state index < -0.39 is 5.91 Å². The van der Waals surface area contributed by atoms with E-state index in [1.165, 1.54) is 0 Å². The SMILES string of the molecule is CCOc1ccccc1OCCN[C@H](C)Cc1cc(C(N)=O)c2c(ccn2CCCCl)c1. The maximum Gasteiger partial charge on any atom is 0.250 e. The van der Waals surface area contributed by atoms with E-state index in [-0.39, 0.29) is 6.04 Å². The molecule has 3 aromatic rings. The molecule has 0 unspecified atom stereocenters. The van der Waals surface area contributed by atoms with Crippen molar-refractivity contribution >= 4 is 28.4 Å². The van der Waals surface area contributed by atoms with Crippen LogP contribution in [0.15, 0.2) is 48.7 Å². The molecule has 1 aromatic heterocycles. The molecule has 3 N–H and O–H groups in total. The van der Waals surface area contributed by atoms with Crippen LogP contribution in [-0.4, -0.2) is 42.2 Å². The molecule has 2 aromatic carbocycles. The number of benzene rings is 2. The molecular weight excluding hydrogens is 426 g/mol. The Morgan fingerprint density at radius 1 is 1.19 bits per heavy atom. The van der Waals surface area contributed by atoms with E-state index in [4.69, 9.17) is 26.8 Å². The van der Waals surface area contributed by atoms with Gasteiger partial charge in [-0.15, -0.1) is 11.6 Å². The Labute approximate surface area is 194 Å². The molecule has 0 radical (unpaired) electrons. The number of nitrogens with zero attached hydrogens (tertiary/aromatic N) is 1. The molecule has 1 atom stereocenters. The van der Waals surface area contributed by atoms with Crippen molar-refractivity contribution in [1.29, 1.82) is 0 Å². The highest BCUT2D eigenvalue weighted by Gasteiger charge is 2.14. The summed E-state index contributed by atoms with van der Waals surface area (Å²) in [5, 5.41) is 4.50. The van der Waals surface area contributed by atoms with E-state index >= 15 is 0 Å². The largest absolute Gasteiger partial charge is 0.490 e. The number of rotatable bonds is 13. The zero-order valence-electron chi connectivity index (χ0n) is 18.8. The van der Waals surface area contributed by atoms with Crippen molar-refractivity contribution < 1.29 is 14.3 Å². The van der Waals surface area contributed by atoms with Crippen LogP contribution >= 0.6 is 11.6 Å². The molecule has 0 aliphatic rings.